The van der Waals surface area contributed by atoms with E-state index in [0.29, 0.717) is 11.8 Å². The molecule has 0 saturated heterocycles. The number of aromatic nitrogens is 5. The number of nitrogens with one attached hydrogen (secondary N) is 2. The molecule has 8 rings (SSSR count). The molecular formula is C43H47N5. The highest BCUT2D eigenvalue weighted by Crippen LogP contribution is 2.58. The molecule has 48 heavy (non-hydrogen) atoms. The third-order valence-corrected chi connectivity index (χ3v) is 11.3. The number of fused-ring (bicyclic) bond motifs is 16. The van der Waals surface area contributed by atoms with Crippen molar-refractivity contribution in [2.45, 2.75) is 105 Å². The summed E-state index contributed by atoms with van der Waals surface area (Å²) >= 11 is 0. The second kappa shape index (κ2) is 12.2. The molecule has 0 radical (unpaired) electrons. The second-order valence-corrected chi connectivity index (χ2v) is 14.0. The van der Waals surface area contributed by atoms with Crippen LogP contribution in [0.15, 0.2) is 48.8 Å². The normalized spacial score (nSPS) is 17.8. The van der Waals surface area contributed by atoms with Crippen molar-refractivity contribution in [2.75, 3.05) is 0 Å². The molecule has 4 aromatic heterocycles. The van der Waals surface area contributed by atoms with E-state index in [-0.39, 0.29) is 0 Å². The largest absolute Gasteiger partial charge is 0.355 e. The lowest BCUT2D eigenvalue weighted by Gasteiger charge is -2.39. The molecule has 0 amide bonds. The highest BCUT2D eigenvalue weighted by atomic mass is 14.8. The van der Waals surface area contributed by atoms with Gasteiger partial charge in [-0.15, -0.1) is 0 Å². The number of aromatic amines is 2. The minimum Gasteiger partial charge on any atom is -0.355 e. The van der Waals surface area contributed by atoms with Gasteiger partial charge in [0.2, 0.25) is 0 Å². The van der Waals surface area contributed by atoms with Gasteiger partial charge in [-0.05, 0) is 138 Å². The Kier molecular flexibility index (Phi) is 7.82. The van der Waals surface area contributed by atoms with E-state index in [1.54, 1.807) is 0 Å². The quantitative estimate of drug-likeness (QED) is 0.203. The first kappa shape index (κ1) is 30.8. The van der Waals surface area contributed by atoms with Gasteiger partial charge in [-0.3, -0.25) is 4.98 Å². The highest BCUT2D eigenvalue weighted by molar-refractivity contribution is 5.96. The Hall–Kier alpha value is -4.51. The van der Waals surface area contributed by atoms with Crippen LogP contribution in [0.4, 0.5) is 0 Å². The summed E-state index contributed by atoms with van der Waals surface area (Å²) in [6.07, 6.45) is 17.2. The summed E-state index contributed by atoms with van der Waals surface area (Å²) in [6.45, 7) is 13.6. The number of pyridine rings is 1. The van der Waals surface area contributed by atoms with Gasteiger partial charge in [0, 0.05) is 46.3 Å². The molecule has 244 valence electrons. The summed E-state index contributed by atoms with van der Waals surface area (Å²) in [5, 5.41) is 0. The van der Waals surface area contributed by atoms with E-state index >= 15 is 0 Å². The van der Waals surface area contributed by atoms with Gasteiger partial charge in [-0.1, -0.05) is 52.7 Å². The van der Waals surface area contributed by atoms with E-state index in [9.17, 15) is 0 Å². The maximum absolute atomic E-state index is 5.40. The monoisotopic (exact) mass is 633 g/mol. The predicted octanol–water partition coefficient (Wildman–Crippen LogP) is 11.3. The summed E-state index contributed by atoms with van der Waals surface area (Å²) in [6, 6.07) is 11.5. The van der Waals surface area contributed by atoms with Crippen molar-refractivity contribution in [1.82, 2.24) is 24.9 Å². The van der Waals surface area contributed by atoms with E-state index in [2.05, 4.69) is 99.0 Å². The van der Waals surface area contributed by atoms with Crippen molar-refractivity contribution in [1.29, 1.82) is 0 Å². The summed E-state index contributed by atoms with van der Waals surface area (Å²) in [7, 11) is 0. The summed E-state index contributed by atoms with van der Waals surface area (Å²) in [5.41, 5.74) is 22.6. The molecule has 2 atom stereocenters. The van der Waals surface area contributed by atoms with Crippen LogP contribution >= 0.6 is 0 Å². The minimum absolute atomic E-state index is 0.310. The summed E-state index contributed by atoms with van der Waals surface area (Å²) in [5.74, 6) is 0.641. The van der Waals surface area contributed by atoms with Crippen molar-refractivity contribution in [3.05, 3.63) is 105 Å². The minimum atomic E-state index is 0.310. The summed E-state index contributed by atoms with van der Waals surface area (Å²) < 4.78 is 0. The SMILES string of the molecule is CCCCC1=C(C)c2cc3[nH]c(cc4nc(cc5[nH]c(cc1n2)c1c5C2c5ccncc5C=CC12)C(CCCC)=C4C)c(CC)c3CC. The number of aryl methyl sites for hydroxylation is 2. The lowest BCUT2D eigenvalue weighted by molar-refractivity contribution is 0.634. The Bertz CT molecular complexity index is 2220. The molecular weight excluding hydrogens is 587 g/mol. The average Bonchev–Trinajstić information content (AvgIpc) is 3.75. The average molecular weight is 634 g/mol. The molecule has 4 aliphatic rings. The van der Waals surface area contributed by atoms with Gasteiger partial charge in [-0.25, -0.2) is 9.97 Å². The first-order valence-electron chi connectivity index (χ1n) is 18.3. The zero-order chi connectivity index (χ0) is 33.1. The van der Waals surface area contributed by atoms with E-state index in [4.69, 9.17) is 9.97 Å². The predicted molar refractivity (Wildman–Crippen MR) is 202 cm³/mol. The number of hydrogen-bond acceptors (Lipinski definition) is 3. The van der Waals surface area contributed by atoms with Crippen molar-refractivity contribution in [2.24, 2.45) is 0 Å². The Labute approximate surface area is 284 Å². The molecule has 4 aromatic rings. The maximum atomic E-state index is 5.40. The highest BCUT2D eigenvalue weighted by Gasteiger charge is 2.43. The molecule has 0 spiro atoms. The Morgan fingerprint density at radius 2 is 1.21 bits per heavy atom. The van der Waals surface area contributed by atoms with Crippen LogP contribution in [0.2, 0.25) is 0 Å². The number of unbranched alkanes of at least 4 members (excludes halogenated alkanes) is 2. The lowest BCUT2D eigenvalue weighted by Crippen LogP contribution is -2.25. The van der Waals surface area contributed by atoms with Gasteiger partial charge < -0.3 is 9.97 Å². The smallest absolute Gasteiger partial charge is 0.0693 e. The fourth-order valence-electron chi connectivity index (χ4n) is 8.68. The Morgan fingerprint density at radius 3 is 1.77 bits per heavy atom. The Morgan fingerprint density at radius 1 is 0.667 bits per heavy atom. The molecule has 5 heteroatoms. The summed E-state index contributed by atoms with van der Waals surface area (Å²) in [4.78, 5) is 23.0. The lowest BCUT2D eigenvalue weighted by atomic mass is 9.63. The Balaban J connectivity index is 1.49. The molecule has 0 aromatic carbocycles. The molecule has 2 aliphatic carbocycles. The van der Waals surface area contributed by atoms with Crippen LogP contribution in [0.25, 0.3) is 50.4 Å². The molecule has 5 nitrogen and oxygen atoms in total. The van der Waals surface area contributed by atoms with Crippen LogP contribution in [0.1, 0.15) is 148 Å². The number of allylic oxidation sites excluding steroid dienone is 5. The van der Waals surface area contributed by atoms with Crippen LogP contribution in [0, 0.1) is 0 Å². The van der Waals surface area contributed by atoms with Crippen molar-refractivity contribution in [3.8, 4) is 0 Å². The third-order valence-electron chi connectivity index (χ3n) is 11.3. The van der Waals surface area contributed by atoms with Crippen molar-refractivity contribution < 1.29 is 0 Å². The van der Waals surface area contributed by atoms with E-state index in [0.717, 1.165) is 74.1 Å². The van der Waals surface area contributed by atoms with Gasteiger partial charge in [0.05, 0.1) is 22.8 Å². The van der Waals surface area contributed by atoms with Crippen molar-refractivity contribution in [3.63, 3.8) is 0 Å². The molecule has 0 saturated carbocycles. The molecule has 2 aliphatic heterocycles. The van der Waals surface area contributed by atoms with Gasteiger partial charge >= 0.3 is 0 Å². The van der Waals surface area contributed by atoms with E-state index in [1.165, 1.54) is 77.7 Å². The van der Waals surface area contributed by atoms with Crippen LogP contribution in [0.5, 0.6) is 0 Å². The third kappa shape index (κ3) is 4.76. The van der Waals surface area contributed by atoms with Gasteiger partial charge in [0.1, 0.15) is 0 Å². The van der Waals surface area contributed by atoms with E-state index < -0.39 is 0 Å². The van der Waals surface area contributed by atoms with Crippen LogP contribution in [-0.2, 0) is 12.8 Å². The second-order valence-electron chi connectivity index (χ2n) is 14.0. The number of H-pyrrole nitrogens is 2. The van der Waals surface area contributed by atoms with E-state index in [1.807, 2.05) is 12.4 Å². The van der Waals surface area contributed by atoms with Gasteiger partial charge in [0.15, 0.2) is 0 Å². The topological polar surface area (TPSA) is 70.2 Å². The first-order valence-corrected chi connectivity index (χ1v) is 18.3. The first-order chi connectivity index (χ1) is 23.4. The van der Waals surface area contributed by atoms with Crippen LogP contribution in [0.3, 0.4) is 0 Å². The standard InChI is InChI=1S/C43H47N5/c1-7-11-13-29-24(5)33-19-35-27(9-3)28(10-4)36(47-35)20-34-25(6)30(14-12-8-2)38(46-34)22-40-43-41-31-17-18-44-23-26(31)15-16-32(41)42(43)39(48-40)21-37(29)45-33/h15-23,32,41,47-48H,7-14H2,1-6H3. The fourth-order valence-corrected chi connectivity index (χ4v) is 8.68. The van der Waals surface area contributed by atoms with Gasteiger partial charge in [-0.2, -0.15) is 0 Å². The number of hydrogen-bond donors (Lipinski definition) is 2. The molecule has 8 bridgehead atoms. The molecule has 2 N–H and O–H groups in total. The fraction of sp³-hybridized carbons (Fsp3) is 0.372. The molecule has 2 unspecified atom stereocenters. The molecule has 6 heterocycles. The van der Waals surface area contributed by atoms with Crippen molar-refractivity contribution >= 4 is 50.4 Å². The number of rotatable bonds is 8. The van der Waals surface area contributed by atoms with Crippen LogP contribution < -0.4 is 0 Å². The van der Waals surface area contributed by atoms with Crippen LogP contribution in [-0.4, -0.2) is 24.9 Å². The van der Waals surface area contributed by atoms with Gasteiger partial charge in [0.25, 0.3) is 0 Å². The zero-order valence-corrected chi connectivity index (χ0v) is 29.3. The molecule has 0 fully saturated rings. The zero-order valence-electron chi connectivity index (χ0n) is 29.3. The maximum Gasteiger partial charge on any atom is 0.0693 e. The number of nitrogens with zero attached hydrogens (tertiary/aromatic N) is 3.